The van der Waals surface area contributed by atoms with E-state index in [1.54, 1.807) is 13.0 Å². The van der Waals surface area contributed by atoms with Crippen LogP contribution in [-0.2, 0) is 16.2 Å². The van der Waals surface area contributed by atoms with E-state index in [2.05, 4.69) is 19.7 Å². The Morgan fingerprint density at radius 3 is 2.53 bits per heavy atom. The summed E-state index contributed by atoms with van der Waals surface area (Å²) in [6.07, 6.45) is -0.394. The number of pyridine rings is 1. The van der Waals surface area contributed by atoms with Gasteiger partial charge in [-0.05, 0) is 76.0 Å². The Hall–Kier alpha value is -2.96. The van der Waals surface area contributed by atoms with Crippen molar-refractivity contribution in [3.63, 3.8) is 0 Å². The van der Waals surface area contributed by atoms with Crippen molar-refractivity contribution in [2.45, 2.75) is 55.3 Å². The van der Waals surface area contributed by atoms with Crippen LogP contribution in [0.25, 0.3) is 0 Å². The van der Waals surface area contributed by atoms with E-state index in [1.165, 1.54) is 36.8 Å². The molecule has 0 radical (unpaired) electrons. The number of halogens is 4. The van der Waals surface area contributed by atoms with Gasteiger partial charge in [0.2, 0.25) is 5.88 Å². The average Bonchev–Trinajstić information content (AvgIpc) is 2.84. The summed E-state index contributed by atoms with van der Waals surface area (Å²) in [7, 11) is -0.152. The molecule has 0 unspecified atom stereocenters. The minimum absolute atomic E-state index is 0.0143. The first kappa shape index (κ1) is 28.1. The number of rotatable bonds is 7. The highest BCUT2D eigenvalue weighted by Gasteiger charge is 2.37. The second-order valence-electron chi connectivity index (χ2n) is 9.37. The van der Waals surface area contributed by atoms with Gasteiger partial charge < -0.3 is 9.64 Å². The SMILES string of the molecule is Cc1nc(O[C@H]2CC[C@H](c3ccc(Cl)c(C(F)(F)F)c3)C[C@@H]2N(C)C)ccc1S(=O)(=O)Nc1ccncn1. The van der Waals surface area contributed by atoms with Crippen LogP contribution in [0.15, 0.2) is 53.8 Å². The van der Waals surface area contributed by atoms with E-state index in [1.807, 2.05) is 19.0 Å². The van der Waals surface area contributed by atoms with Crippen LogP contribution in [-0.4, -0.2) is 54.5 Å². The standard InChI is InChI=1S/C25H27ClF3N5O3S/c1-15-22(38(35,36)33-23-10-11-30-14-31-23)8-9-24(32-15)37-21-7-5-17(13-20(21)34(2)3)16-4-6-19(26)18(12-16)25(27,28)29/h4,6,8-12,14,17,20-21H,5,7,13H2,1-3H3,(H,30,31,33)/t17-,20-,21-/m0/s1. The minimum atomic E-state index is -4.53. The summed E-state index contributed by atoms with van der Waals surface area (Å²) in [5, 5.41) is -0.318. The zero-order chi connectivity index (χ0) is 27.7. The molecule has 1 fully saturated rings. The fourth-order valence-corrected chi connectivity index (χ4v) is 6.10. The first-order valence-electron chi connectivity index (χ1n) is 11.8. The number of likely N-dealkylation sites (N-methyl/N-ethyl adjacent to an activating group) is 1. The largest absolute Gasteiger partial charge is 0.473 e. The van der Waals surface area contributed by atoms with Crippen LogP contribution >= 0.6 is 11.6 Å². The summed E-state index contributed by atoms with van der Waals surface area (Å²) in [6.45, 7) is 1.57. The van der Waals surface area contributed by atoms with Gasteiger partial charge in [-0.2, -0.15) is 13.2 Å². The van der Waals surface area contributed by atoms with Gasteiger partial charge in [0.25, 0.3) is 10.0 Å². The Morgan fingerprint density at radius 2 is 1.89 bits per heavy atom. The molecule has 0 aliphatic heterocycles. The van der Waals surface area contributed by atoms with Gasteiger partial charge in [0.1, 0.15) is 23.1 Å². The minimum Gasteiger partial charge on any atom is -0.473 e. The molecule has 204 valence electrons. The smallest absolute Gasteiger partial charge is 0.417 e. The van der Waals surface area contributed by atoms with E-state index in [4.69, 9.17) is 16.3 Å². The summed E-state index contributed by atoms with van der Waals surface area (Å²) in [6, 6.07) is 8.33. The number of ether oxygens (including phenoxy) is 1. The monoisotopic (exact) mass is 569 g/mol. The Kier molecular flexibility index (Phi) is 8.15. The average molecular weight is 570 g/mol. The van der Waals surface area contributed by atoms with E-state index < -0.39 is 21.8 Å². The summed E-state index contributed by atoms with van der Waals surface area (Å²) >= 11 is 5.80. The number of aryl methyl sites for hydroxylation is 1. The topological polar surface area (TPSA) is 97.3 Å². The Bertz CT molecular complexity index is 1390. The molecule has 1 aliphatic rings. The molecule has 38 heavy (non-hydrogen) atoms. The third-order valence-electron chi connectivity index (χ3n) is 6.58. The Balaban J connectivity index is 1.49. The second-order valence-corrected chi connectivity index (χ2v) is 11.4. The lowest BCUT2D eigenvalue weighted by Gasteiger charge is -2.39. The molecule has 2 heterocycles. The molecule has 3 atom stereocenters. The van der Waals surface area contributed by atoms with E-state index in [9.17, 15) is 21.6 Å². The predicted molar refractivity (Wildman–Crippen MR) is 137 cm³/mol. The molecule has 1 N–H and O–H groups in total. The number of alkyl halides is 3. The van der Waals surface area contributed by atoms with Crippen molar-refractivity contribution in [1.82, 2.24) is 19.9 Å². The van der Waals surface area contributed by atoms with Crippen molar-refractivity contribution in [3.8, 4) is 5.88 Å². The maximum atomic E-state index is 13.4. The zero-order valence-corrected chi connectivity index (χ0v) is 22.5. The summed E-state index contributed by atoms with van der Waals surface area (Å²) < 4.78 is 74.3. The number of aromatic nitrogens is 3. The molecule has 1 saturated carbocycles. The molecular weight excluding hydrogens is 543 g/mol. The molecule has 0 bridgehead atoms. The summed E-state index contributed by atoms with van der Waals surface area (Å²) in [5.74, 6) is 0.300. The van der Waals surface area contributed by atoms with Crippen molar-refractivity contribution in [1.29, 1.82) is 0 Å². The molecule has 2 aromatic heterocycles. The van der Waals surface area contributed by atoms with Crippen molar-refractivity contribution >= 4 is 27.4 Å². The van der Waals surface area contributed by atoms with Crippen LogP contribution in [0.2, 0.25) is 5.02 Å². The molecule has 0 amide bonds. The third-order valence-corrected chi connectivity index (χ3v) is 8.40. The van der Waals surface area contributed by atoms with Crippen LogP contribution in [0, 0.1) is 6.92 Å². The van der Waals surface area contributed by atoms with E-state index in [0.717, 1.165) is 6.07 Å². The number of hydrogen-bond acceptors (Lipinski definition) is 7. The molecule has 4 rings (SSSR count). The normalized spacial score (nSPS) is 20.4. The van der Waals surface area contributed by atoms with Crippen LogP contribution < -0.4 is 9.46 Å². The number of hydrogen-bond donors (Lipinski definition) is 1. The first-order valence-corrected chi connectivity index (χ1v) is 13.7. The van der Waals surface area contributed by atoms with Gasteiger partial charge in [0, 0.05) is 18.3 Å². The van der Waals surface area contributed by atoms with E-state index in [0.29, 0.717) is 24.8 Å². The van der Waals surface area contributed by atoms with Gasteiger partial charge in [0.05, 0.1) is 16.3 Å². The lowest BCUT2D eigenvalue weighted by Crippen LogP contribution is -2.46. The molecule has 13 heteroatoms. The lowest BCUT2D eigenvalue weighted by atomic mass is 9.79. The van der Waals surface area contributed by atoms with Crippen LogP contribution in [0.1, 0.15) is 42.0 Å². The third kappa shape index (κ3) is 6.36. The zero-order valence-electron chi connectivity index (χ0n) is 20.9. The lowest BCUT2D eigenvalue weighted by molar-refractivity contribution is -0.137. The summed E-state index contributed by atoms with van der Waals surface area (Å²) in [4.78, 5) is 14.0. The van der Waals surface area contributed by atoms with Gasteiger partial charge >= 0.3 is 6.18 Å². The fourth-order valence-electron chi connectivity index (χ4n) is 4.69. The maximum Gasteiger partial charge on any atom is 0.417 e. The van der Waals surface area contributed by atoms with Gasteiger partial charge in [-0.15, -0.1) is 0 Å². The van der Waals surface area contributed by atoms with Crippen molar-refractivity contribution in [2.75, 3.05) is 18.8 Å². The van der Waals surface area contributed by atoms with Gasteiger partial charge in [-0.3, -0.25) is 4.72 Å². The molecular formula is C25H27ClF3N5O3S. The van der Waals surface area contributed by atoms with Crippen LogP contribution in [0.3, 0.4) is 0 Å². The van der Waals surface area contributed by atoms with E-state index in [-0.39, 0.29) is 45.4 Å². The highest BCUT2D eigenvalue weighted by Crippen LogP contribution is 2.41. The Morgan fingerprint density at radius 1 is 1.13 bits per heavy atom. The number of sulfonamides is 1. The molecule has 1 aliphatic carbocycles. The quantitative estimate of drug-likeness (QED) is 0.412. The van der Waals surface area contributed by atoms with E-state index >= 15 is 0 Å². The highest BCUT2D eigenvalue weighted by molar-refractivity contribution is 7.92. The number of benzene rings is 1. The van der Waals surface area contributed by atoms with Gasteiger partial charge in [0.15, 0.2) is 0 Å². The number of anilines is 1. The molecule has 0 saturated heterocycles. The van der Waals surface area contributed by atoms with Gasteiger partial charge in [-0.1, -0.05) is 17.7 Å². The predicted octanol–water partition coefficient (Wildman–Crippen LogP) is 5.30. The van der Waals surface area contributed by atoms with Crippen molar-refractivity contribution in [3.05, 3.63) is 70.8 Å². The number of nitrogens with one attached hydrogen (secondary N) is 1. The molecule has 3 aromatic rings. The van der Waals surface area contributed by atoms with Gasteiger partial charge in [-0.25, -0.2) is 23.4 Å². The number of nitrogens with zero attached hydrogens (tertiary/aromatic N) is 4. The highest BCUT2D eigenvalue weighted by atomic mass is 35.5. The first-order chi connectivity index (χ1) is 17.8. The van der Waals surface area contributed by atoms with Crippen molar-refractivity contribution < 1.29 is 26.3 Å². The van der Waals surface area contributed by atoms with Crippen LogP contribution in [0.4, 0.5) is 19.0 Å². The van der Waals surface area contributed by atoms with Crippen LogP contribution in [0.5, 0.6) is 5.88 Å². The van der Waals surface area contributed by atoms with Crippen molar-refractivity contribution in [2.24, 2.45) is 0 Å². The second kappa shape index (κ2) is 11.0. The summed E-state index contributed by atoms with van der Waals surface area (Å²) in [5.41, 5.74) is 0.00657. The Labute approximate surface area is 224 Å². The molecule has 0 spiro atoms. The molecule has 1 aromatic carbocycles. The fraction of sp³-hybridized carbons (Fsp3) is 0.400. The maximum absolute atomic E-state index is 13.4. The molecule has 8 nitrogen and oxygen atoms in total.